The van der Waals surface area contributed by atoms with Crippen molar-refractivity contribution in [2.24, 2.45) is 0 Å². The number of ether oxygens (including phenoxy) is 2. The van der Waals surface area contributed by atoms with Gasteiger partial charge in [0.25, 0.3) is 5.91 Å². The van der Waals surface area contributed by atoms with Crippen LogP contribution in [0.15, 0.2) is 18.2 Å². The van der Waals surface area contributed by atoms with Crippen LogP contribution < -0.4 is 9.47 Å². The van der Waals surface area contributed by atoms with Gasteiger partial charge in [0, 0.05) is 11.6 Å². The Morgan fingerprint density at radius 3 is 2.52 bits per heavy atom. The van der Waals surface area contributed by atoms with Gasteiger partial charge in [-0.05, 0) is 31.0 Å². The Balaban J connectivity index is 2.25. The van der Waals surface area contributed by atoms with Crippen molar-refractivity contribution in [1.82, 2.24) is 4.90 Å². The van der Waals surface area contributed by atoms with Gasteiger partial charge in [0.2, 0.25) is 0 Å². The number of rotatable bonds is 5. The van der Waals surface area contributed by atoms with Gasteiger partial charge in [-0.25, -0.2) is 0 Å². The Kier molecular flexibility index (Phi) is 5.04. The van der Waals surface area contributed by atoms with E-state index in [-0.39, 0.29) is 18.5 Å². The maximum absolute atomic E-state index is 12.7. The van der Waals surface area contributed by atoms with E-state index < -0.39 is 0 Å². The maximum atomic E-state index is 12.7. The average Bonchev–Trinajstić information content (AvgIpc) is 3.05. The molecule has 0 heterocycles. The van der Waals surface area contributed by atoms with Crippen LogP contribution in [0.25, 0.3) is 0 Å². The Labute approximate surface area is 125 Å². The highest BCUT2D eigenvalue weighted by atomic mass is 16.5. The van der Waals surface area contributed by atoms with E-state index in [1.807, 2.05) is 0 Å². The standard InChI is InChI=1S/C16H20N2O3/c1-20-14-8-7-12(11-15(14)21-2)16(19)18(10-9-17)13-5-3-4-6-13/h7-8,11,13H,3-6,10H2,1-2H3. The topological polar surface area (TPSA) is 62.6 Å². The highest BCUT2D eigenvalue weighted by molar-refractivity contribution is 5.95. The lowest BCUT2D eigenvalue weighted by Crippen LogP contribution is -2.39. The second kappa shape index (κ2) is 6.98. The van der Waals surface area contributed by atoms with Gasteiger partial charge in [0.05, 0.1) is 20.3 Å². The summed E-state index contributed by atoms with van der Waals surface area (Å²) in [5.41, 5.74) is 0.523. The largest absolute Gasteiger partial charge is 0.493 e. The molecule has 1 amide bonds. The Hall–Kier alpha value is -2.22. The normalized spacial score (nSPS) is 14.5. The zero-order valence-electron chi connectivity index (χ0n) is 12.5. The van der Waals surface area contributed by atoms with Crippen molar-refractivity contribution in [3.8, 4) is 17.6 Å². The summed E-state index contributed by atoms with van der Waals surface area (Å²) in [5, 5.41) is 8.99. The molecule has 5 nitrogen and oxygen atoms in total. The number of nitriles is 1. The summed E-state index contributed by atoms with van der Waals surface area (Å²) in [6.45, 7) is 0.123. The first kappa shape index (κ1) is 15.2. The third-order valence-corrected chi connectivity index (χ3v) is 3.90. The molecule has 1 aliphatic carbocycles. The quantitative estimate of drug-likeness (QED) is 0.781. The number of amides is 1. The summed E-state index contributed by atoms with van der Waals surface area (Å²) in [7, 11) is 3.09. The van der Waals surface area contributed by atoms with Crippen LogP contribution in [0.2, 0.25) is 0 Å². The summed E-state index contributed by atoms with van der Waals surface area (Å²) in [6, 6.07) is 7.36. The van der Waals surface area contributed by atoms with Gasteiger partial charge in [0.1, 0.15) is 6.54 Å². The summed E-state index contributed by atoms with van der Waals surface area (Å²) >= 11 is 0. The summed E-state index contributed by atoms with van der Waals surface area (Å²) in [5.74, 6) is 0.984. The first-order chi connectivity index (χ1) is 10.2. The first-order valence-corrected chi connectivity index (χ1v) is 7.11. The van der Waals surface area contributed by atoms with Crippen molar-refractivity contribution >= 4 is 5.91 Å². The summed E-state index contributed by atoms with van der Waals surface area (Å²) in [6.07, 6.45) is 4.18. The molecule has 0 atom stereocenters. The van der Waals surface area contributed by atoms with E-state index >= 15 is 0 Å². The van der Waals surface area contributed by atoms with Crippen LogP contribution in [-0.2, 0) is 0 Å². The number of carbonyl (C=O) groups excluding carboxylic acids is 1. The number of hydrogen-bond donors (Lipinski definition) is 0. The molecule has 0 spiro atoms. The third kappa shape index (κ3) is 3.27. The monoisotopic (exact) mass is 288 g/mol. The summed E-state index contributed by atoms with van der Waals surface area (Å²) in [4.78, 5) is 14.3. The molecule has 0 bridgehead atoms. The van der Waals surface area contributed by atoms with Gasteiger partial charge in [-0.15, -0.1) is 0 Å². The predicted molar refractivity (Wildman–Crippen MR) is 78.5 cm³/mol. The van der Waals surface area contributed by atoms with E-state index in [1.165, 1.54) is 7.11 Å². The molecule has 0 N–H and O–H groups in total. The van der Waals surface area contributed by atoms with Crippen molar-refractivity contribution in [2.45, 2.75) is 31.7 Å². The highest BCUT2D eigenvalue weighted by Crippen LogP contribution is 2.30. The Morgan fingerprint density at radius 2 is 1.95 bits per heavy atom. The van der Waals surface area contributed by atoms with Gasteiger partial charge in [0.15, 0.2) is 11.5 Å². The van der Waals surface area contributed by atoms with Crippen molar-refractivity contribution in [3.05, 3.63) is 23.8 Å². The van der Waals surface area contributed by atoms with Crippen molar-refractivity contribution in [1.29, 1.82) is 5.26 Å². The van der Waals surface area contributed by atoms with Gasteiger partial charge in [-0.2, -0.15) is 5.26 Å². The average molecular weight is 288 g/mol. The van der Waals surface area contributed by atoms with Crippen LogP contribution in [0.4, 0.5) is 0 Å². The predicted octanol–water partition coefficient (Wildman–Crippen LogP) is 2.61. The third-order valence-electron chi connectivity index (χ3n) is 3.90. The van der Waals surface area contributed by atoms with E-state index in [1.54, 1.807) is 30.2 Å². The van der Waals surface area contributed by atoms with Crippen LogP contribution in [0.1, 0.15) is 36.0 Å². The number of nitrogens with zero attached hydrogens (tertiary/aromatic N) is 2. The molecule has 5 heteroatoms. The highest BCUT2D eigenvalue weighted by Gasteiger charge is 2.27. The number of benzene rings is 1. The van der Waals surface area contributed by atoms with E-state index in [0.717, 1.165) is 25.7 Å². The molecule has 0 aromatic heterocycles. The molecular formula is C16H20N2O3. The van der Waals surface area contributed by atoms with Gasteiger partial charge in [-0.3, -0.25) is 4.79 Å². The van der Waals surface area contributed by atoms with Gasteiger partial charge >= 0.3 is 0 Å². The molecule has 1 aliphatic rings. The Bertz CT molecular complexity index is 545. The van der Waals surface area contributed by atoms with Crippen LogP contribution in [0.3, 0.4) is 0 Å². The number of carbonyl (C=O) groups is 1. The zero-order chi connectivity index (χ0) is 15.2. The van der Waals surface area contributed by atoms with Gasteiger partial charge < -0.3 is 14.4 Å². The first-order valence-electron chi connectivity index (χ1n) is 7.11. The molecular weight excluding hydrogens is 268 g/mol. The molecule has 0 unspecified atom stereocenters. The molecule has 1 saturated carbocycles. The molecule has 21 heavy (non-hydrogen) atoms. The fraction of sp³-hybridized carbons (Fsp3) is 0.500. The molecule has 0 aliphatic heterocycles. The Morgan fingerprint density at radius 1 is 1.29 bits per heavy atom. The van der Waals surface area contributed by atoms with E-state index in [2.05, 4.69) is 6.07 Å². The SMILES string of the molecule is COc1ccc(C(=O)N(CC#N)C2CCCC2)cc1OC. The van der Waals surface area contributed by atoms with E-state index in [4.69, 9.17) is 14.7 Å². The van der Waals surface area contributed by atoms with Crippen LogP contribution in [0, 0.1) is 11.3 Å². The maximum Gasteiger partial charge on any atom is 0.255 e. The van der Waals surface area contributed by atoms with Crippen molar-refractivity contribution in [2.75, 3.05) is 20.8 Å². The lowest BCUT2D eigenvalue weighted by molar-refractivity contribution is 0.0709. The minimum atomic E-state index is -0.121. The molecule has 1 aromatic carbocycles. The molecule has 0 radical (unpaired) electrons. The summed E-state index contributed by atoms with van der Waals surface area (Å²) < 4.78 is 10.4. The fourth-order valence-electron chi connectivity index (χ4n) is 2.79. The lowest BCUT2D eigenvalue weighted by atomic mass is 10.1. The fourth-order valence-corrected chi connectivity index (χ4v) is 2.79. The van der Waals surface area contributed by atoms with Crippen LogP contribution in [0.5, 0.6) is 11.5 Å². The zero-order valence-corrected chi connectivity index (χ0v) is 12.5. The molecule has 1 fully saturated rings. The van der Waals surface area contributed by atoms with Crippen LogP contribution in [-0.4, -0.2) is 37.6 Å². The second-order valence-electron chi connectivity index (χ2n) is 5.10. The second-order valence-corrected chi connectivity index (χ2v) is 5.10. The van der Waals surface area contributed by atoms with Gasteiger partial charge in [-0.1, -0.05) is 12.8 Å². The van der Waals surface area contributed by atoms with E-state index in [0.29, 0.717) is 17.1 Å². The number of hydrogen-bond acceptors (Lipinski definition) is 4. The van der Waals surface area contributed by atoms with Crippen molar-refractivity contribution < 1.29 is 14.3 Å². The van der Waals surface area contributed by atoms with Crippen molar-refractivity contribution in [3.63, 3.8) is 0 Å². The van der Waals surface area contributed by atoms with E-state index in [9.17, 15) is 4.79 Å². The molecule has 0 saturated heterocycles. The van der Waals surface area contributed by atoms with Crippen LogP contribution >= 0.6 is 0 Å². The lowest BCUT2D eigenvalue weighted by Gasteiger charge is -2.26. The smallest absolute Gasteiger partial charge is 0.255 e. The minimum absolute atomic E-state index is 0.121. The molecule has 1 aromatic rings. The molecule has 2 rings (SSSR count). The number of methoxy groups -OCH3 is 2. The molecule has 112 valence electrons. The minimum Gasteiger partial charge on any atom is -0.493 e.